The summed E-state index contributed by atoms with van der Waals surface area (Å²) in [6, 6.07) is -0.460. The maximum absolute atomic E-state index is 11.7. The second-order valence-electron chi connectivity index (χ2n) is 5.77. The first-order valence-electron chi connectivity index (χ1n) is 7.28. The molecule has 0 spiro atoms. The summed E-state index contributed by atoms with van der Waals surface area (Å²) in [5, 5.41) is 14.7. The summed E-state index contributed by atoms with van der Waals surface area (Å²) in [5.41, 5.74) is 0. The van der Waals surface area contributed by atoms with Gasteiger partial charge in [0.1, 0.15) is 0 Å². The van der Waals surface area contributed by atoms with Crippen LogP contribution in [0.2, 0.25) is 0 Å². The van der Waals surface area contributed by atoms with E-state index < -0.39 is 11.9 Å². The summed E-state index contributed by atoms with van der Waals surface area (Å²) < 4.78 is 0. The zero-order valence-electron chi connectivity index (χ0n) is 11.9. The number of carbonyl (C=O) groups excluding carboxylic acids is 1. The average molecular weight is 270 g/mol. The first kappa shape index (κ1) is 15.8. The van der Waals surface area contributed by atoms with Crippen molar-refractivity contribution in [1.82, 2.24) is 10.6 Å². The normalized spacial score (nSPS) is 23.1. The molecule has 2 unspecified atom stereocenters. The summed E-state index contributed by atoms with van der Waals surface area (Å²) in [6.45, 7) is 4.95. The predicted octanol–water partition coefficient (Wildman–Crippen LogP) is 2.37. The molecule has 0 heterocycles. The van der Waals surface area contributed by atoms with E-state index in [2.05, 4.69) is 24.5 Å². The summed E-state index contributed by atoms with van der Waals surface area (Å²) >= 11 is 0. The van der Waals surface area contributed by atoms with Crippen LogP contribution in [-0.4, -0.2) is 29.7 Å². The molecule has 19 heavy (non-hydrogen) atoms. The van der Waals surface area contributed by atoms with E-state index >= 15 is 0 Å². The number of nitrogens with one attached hydrogen (secondary N) is 2. The Morgan fingerprint density at radius 1 is 1.26 bits per heavy atom. The van der Waals surface area contributed by atoms with Gasteiger partial charge in [-0.2, -0.15) is 0 Å². The van der Waals surface area contributed by atoms with Gasteiger partial charge < -0.3 is 15.7 Å². The van der Waals surface area contributed by atoms with Gasteiger partial charge in [-0.25, -0.2) is 4.79 Å². The minimum Gasteiger partial charge on any atom is -0.481 e. The summed E-state index contributed by atoms with van der Waals surface area (Å²) in [5.74, 6) is -0.598. The van der Waals surface area contributed by atoms with E-state index in [1.54, 1.807) is 0 Å². The van der Waals surface area contributed by atoms with Crippen LogP contribution in [0.3, 0.4) is 0 Å². The molecule has 0 aromatic rings. The Hall–Kier alpha value is -1.26. The van der Waals surface area contributed by atoms with Crippen LogP contribution in [-0.2, 0) is 4.79 Å². The lowest BCUT2D eigenvalue weighted by Gasteiger charge is -2.29. The van der Waals surface area contributed by atoms with Crippen molar-refractivity contribution in [1.29, 1.82) is 0 Å². The molecule has 0 aromatic heterocycles. The van der Waals surface area contributed by atoms with Gasteiger partial charge in [-0.15, -0.1) is 0 Å². The van der Waals surface area contributed by atoms with Crippen molar-refractivity contribution in [3.05, 3.63) is 0 Å². The summed E-state index contributed by atoms with van der Waals surface area (Å²) in [7, 11) is 0. The van der Waals surface area contributed by atoms with Gasteiger partial charge in [0, 0.05) is 12.6 Å². The van der Waals surface area contributed by atoms with Gasteiger partial charge in [-0.3, -0.25) is 4.79 Å². The van der Waals surface area contributed by atoms with E-state index in [0.717, 1.165) is 32.1 Å². The van der Waals surface area contributed by atoms with Crippen molar-refractivity contribution < 1.29 is 14.7 Å². The van der Waals surface area contributed by atoms with Crippen LogP contribution in [0.5, 0.6) is 0 Å². The zero-order valence-corrected chi connectivity index (χ0v) is 11.9. The number of hydrogen-bond donors (Lipinski definition) is 3. The highest BCUT2D eigenvalue weighted by molar-refractivity contribution is 5.76. The molecule has 0 bridgehead atoms. The molecule has 0 aromatic carbocycles. The molecule has 110 valence electrons. The molecule has 3 N–H and O–H groups in total. The van der Waals surface area contributed by atoms with E-state index in [4.69, 9.17) is 5.11 Å². The Kier molecular flexibility index (Phi) is 6.67. The number of aliphatic carboxylic acids is 1. The zero-order chi connectivity index (χ0) is 14.3. The Balaban J connectivity index is 2.27. The second kappa shape index (κ2) is 8.02. The predicted molar refractivity (Wildman–Crippen MR) is 74.0 cm³/mol. The smallest absolute Gasteiger partial charge is 0.315 e. The van der Waals surface area contributed by atoms with E-state index in [0.29, 0.717) is 18.9 Å². The molecule has 5 nitrogen and oxygen atoms in total. The van der Waals surface area contributed by atoms with Crippen molar-refractivity contribution in [3.63, 3.8) is 0 Å². The lowest BCUT2D eigenvalue weighted by atomic mass is 9.84. The van der Waals surface area contributed by atoms with Gasteiger partial charge in [-0.1, -0.05) is 26.7 Å². The van der Waals surface area contributed by atoms with E-state index in [9.17, 15) is 9.59 Å². The number of urea groups is 1. The van der Waals surface area contributed by atoms with Gasteiger partial charge in [0.15, 0.2) is 0 Å². The Bertz CT molecular complexity index is 305. The molecular formula is C14H26N2O3. The number of amides is 2. The maximum atomic E-state index is 11.7. The first-order valence-corrected chi connectivity index (χ1v) is 7.28. The van der Waals surface area contributed by atoms with E-state index in [-0.39, 0.29) is 12.1 Å². The van der Waals surface area contributed by atoms with Crippen LogP contribution in [0.1, 0.15) is 52.4 Å². The third-order valence-corrected chi connectivity index (χ3v) is 3.64. The van der Waals surface area contributed by atoms with Crippen LogP contribution in [0.25, 0.3) is 0 Å². The van der Waals surface area contributed by atoms with E-state index in [1.807, 2.05) is 0 Å². The highest BCUT2D eigenvalue weighted by Gasteiger charge is 2.31. The number of carboxylic acids is 1. The average Bonchev–Trinajstić information content (AvgIpc) is 2.35. The summed E-state index contributed by atoms with van der Waals surface area (Å²) in [4.78, 5) is 22.8. The Labute approximate surface area is 115 Å². The minimum absolute atomic E-state index is 0.226. The fourth-order valence-corrected chi connectivity index (χ4v) is 2.53. The third kappa shape index (κ3) is 5.94. The Morgan fingerprint density at radius 2 is 1.95 bits per heavy atom. The van der Waals surface area contributed by atoms with Gasteiger partial charge in [-0.05, 0) is 31.6 Å². The van der Waals surface area contributed by atoms with Gasteiger partial charge in [0.05, 0.1) is 5.92 Å². The lowest BCUT2D eigenvalue weighted by molar-refractivity contribution is -0.143. The Morgan fingerprint density at radius 3 is 2.58 bits per heavy atom. The number of hydrogen-bond acceptors (Lipinski definition) is 2. The van der Waals surface area contributed by atoms with Crippen molar-refractivity contribution in [2.24, 2.45) is 11.8 Å². The highest BCUT2D eigenvalue weighted by atomic mass is 16.4. The monoisotopic (exact) mass is 270 g/mol. The van der Waals surface area contributed by atoms with Crippen LogP contribution in [0.15, 0.2) is 0 Å². The molecule has 0 saturated heterocycles. The fraction of sp³-hybridized carbons (Fsp3) is 0.857. The second-order valence-corrected chi connectivity index (χ2v) is 5.77. The molecule has 1 fully saturated rings. The third-order valence-electron chi connectivity index (χ3n) is 3.64. The van der Waals surface area contributed by atoms with Gasteiger partial charge in [0.25, 0.3) is 0 Å². The first-order chi connectivity index (χ1) is 9.00. The minimum atomic E-state index is -0.801. The van der Waals surface area contributed by atoms with Crippen molar-refractivity contribution >= 4 is 12.0 Å². The molecule has 0 radical (unpaired) electrons. The number of carbonyl (C=O) groups is 2. The number of carboxylic acid groups (broad SMARTS) is 1. The van der Waals surface area contributed by atoms with Crippen LogP contribution >= 0.6 is 0 Å². The fourth-order valence-electron chi connectivity index (χ4n) is 2.53. The molecule has 5 heteroatoms. The maximum Gasteiger partial charge on any atom is 0.315 e. The molecular weight excluding hydrogens is 244 g/mol. The van der Waals surface area contributed by atoms with Crippen molar-refractivity contribution in [2.75, 3.05) is 6.54 Å². The SMILES string of the molecule is CC(C)CCCNC(=O)NC1CCCCC1C(=O)O. The molecule has 2 amide bonds. The quantitative estimate of drug-likeness (QED) is 0.648. The van der Waals surface area contributed by atoms with E-state index in [1.165, 1.54) is 0 Å². The summed E-state index contributed by atoms with van der Waals surface area (Å²) in [6.07, 6.45) is 5.39. The molecule has 1 aliphatic rings. The topological polar surface area (TPSA) is 78.4 Å². The largest absolute Gasteiger partial charge is 0.481 e. The molecule has 1 aliphatic carbocycles. The van der Waals surface area contributed by atoms with Crippen LogP contribution in [0, 0.1) is 11.8 Å². The highest BCUT2D eigenvalue weighted by Crippen LogP contribution is 2.24. The number of rotatable bonds is 6. The molecule has 1 saturated carbocycles. The van der Waals surface area contributed by atoms with Gasteiger partial charge in [0.2, 0.25) is 0 Å². The van der Waals surface area contributed by atoms with Crippen molar-refractivity contribution in [3.8, 4) is 0 Å². The molecule has 2 atom stereocenters. The van der Waals surface area contributed by atoms with Crippen LogP contribution in [0.4, 0.5) is 4.79 Å². The van der Waals surface area contributed by atoms with Crippen molar-refractivity contribution in [2.45, 2.75) is 58.4 Å². The standard InChI is InChI=1S/C14H26N2O3/c1-10(2)6-5-9-15-14(19)16-12-8-4-3-7-11(12)13(17)18/h10-12H,3-9H2,1-2H3,(H,17,18)(H2,15,16,19). The van der Waals surface area contributed by atoms with Gasteiger partial charge >= 0.3 is 12.0 Å². The molecule has 1 rings (SSSR count). The molecule has 0 aliphatic heterocycles. The lowest BCUT2D eigenvalue weighted by Crippen LogP contribution is -2.49. The van der Waals surface area contributed by atoms with Crippen LogP contribution < -0.4 is 10.6 Å².